The Morgan fingerprint density at radius 3 is 2.31 bits per heavy atom. The Morgan fingerprint density at radius 2 is 1.69 bits per heavy atom. The molecule has 0 radical (unpaired) electrons. The molecule has 146 valence electrons. The van der Waals surface area contributed by atoms with E-state index >= 15 is 0 Å². The van der Waals surface area contributed by atoms with E-state index in [0.29, 0.717) is 16.3 Å². The average Bonchev–Trinajstić information content (AvgIpc) is 3.18. The van der Waals surface area contributed by atoms with Gasteiger partial charge in [0.05, 0.1) is 27.2 Å². The summed E-state index contributed by atoms with van der Waals surface area (Å²) in [6.45, 7) is 5.53. The molecule has 0 saturated carbocycles. The largest absolute Gasteiger partial charge is 0.503 e. The van der Waals surface area contributed by atoms with Gasteiger partial charge in [-0.05, 0) is 44.0 Å². The molecular formula is C23H20N2O3S. The van der Waals surface area contributed by atoms with E-state index in [2.05, 4.69) is 4.98 Å². The first-order chi connectivity index (χ1) is 13.9. The number of carbonyl (C=O) groups excluding carboxylic acids is 2. The lowest BCUT2D eigenvalue weighted by atomic mass is 9.92. The second kappa shape index (κ2) is 7.29. The number of hydrogen-bond donors (Lipinski definition) is 1. The van der Waals surface area contributed by atoms with Crippen molar-refractivity contribution in [3.05, 3.63) is 92.6 Å². The summed E-state index contributed by atoms with van der Waals surface area (Å²) < 4.78 is 0. The number of para-hydroxylation sites is 1. The quantitative estimate of drug-likeness (QED) is 0.631. The number of rotatable bonds is 4. The molecule has 0 spiro atoms. The Labute approximate surface area is 173 Å². The second-order valence-corrected chi connectivity index (χ2v) is 8.21. The van der Waals surface area contributed by atoms with Gasteiger partial charge in [-0.25, -0.2) is 4.98 Å². The number of amides is 1. The number of aliphatic hydroxyl groups excluding tert-OH is 1. The van der Waals surface area contributed by atoms with Gasteiger partial charge < -0.3 is 5.11 Å². The predicted molar refractivity (Wildman–Crippen MR) is 113 cm³/mol. The van der Waals surface area contributed by atoms with Gasteiger partial charge in [0.15, 0.2) is 5.76 Å². The van der Waals surface area contributed by atoms with Crippen LogP contribution in [0.3, 0.4) is 0 Å². The van der Waals surface area contributed by atoms with E-state index in [1.807, 2.05) is 56.3 Å². The highest BCUT2D eigenvalue weighted by Gasteiger charge is 2.45. The second-order valence-electron chi connectivity index (χ2n) is 7.01. The van der Waals surface area contributed by atoms with Crippen molar-refractivity contribution in [3.8, 4) is 0 Å². The lowest BCUT2D eigenvalue weighted by molar-refractivity contribution is -0.117. The van der Waals surface area contributed by atoms with Crippen LogP contribution in [0, 0.1) is 20.8 Å². The monoisotopic (exact) mass is 404 g/mol. The van der Waals surface area contributed by atoms with Crippen LogP contribution in [0.2, 0.25) is 0 Å². The summed E-state index contributed by atoms with van der Waals surface area (Å²) in [5.41, 5.74) is 3.06. The van der Waals surface area contributed by atoms with Crippen LogP contribution in [-0.2, 0) is 4.79 Å². The number of Topliss-reactive ketones (excluding diaryl/α,β-unsaturated/α-hetero) is 1. The zero-order chi connectivity index (χ0) is 20.7. The first-order valence-electron chi connectivity index (χ1n) is 9.26. The predicted octanol–water partition coefficient (Wildman–Crippen LogP) is 4.85. The van der Waals surface area contributed by atoms with E-state index in [-0.39, 0.29) is 11.4 Å². The van der Waals surface area contributed by atoms with Crippen LogP contribution in [0.4, 0.5) is 5.69 Å². The number of aryl methyl sites for hydroxylation is 3. The number of aromatic nitrogens is 1. The Hall–Kier alpha value is -3.25. The molecule has 2 aromatic carbocycles. The maximum atomic E-state index is 13.5. The van der Waals surface area contributed by atoms with Gasteiger partial charge in [0.25, 0.3) is 5.91 Å². The van der Waals surface area contributed by atoms with Gasteiger partial charge in [0.2, 0.25) is 5.78 Å². The fraction of sp³-hybridized carbons (Fsp3) is 0.174. The molecule has 1 amide bonds. The maximum absolute atomic E-state index is 13.5. The summed E-state index contributed by atoms with van der Waals surface area (Å²) in [6, 6.07) is 16.0. The van der Waals surface area contributed by atoms with E-state index in [4.69, 9.17) is 0 Å². The molecule has 5 nitrogen and oxygen atoms in total. The summed E-state index contributed by atoms with van der Waals surface area (Å²) in [5, 5.41) is 11.6. The number of aliphatic hydroxyl groups is 1. The molecule has 3 aromatic rings. The third-order valence-electron chi connectivity index (χ3n) is 5.08. The lowest BCUT2D eigenvalue weighted by Crippen LogP contribution is -2.31. The number of carbonyl (C=O) groups is 2. The molecule has 1 aromatic heterocycles. The Balaban J connectivity index is 1.92. The van der Waals surface area contributed by atoms with E-state index in [1.54, 1.807) is 19.1 Å². The molecule has 6 heteroatoms. The first-order valence-corrected chi connectivity index (χ1v) is 10.1. The van der Waals surface area contributed by atoms with Crippen molar-refractivity contribution < 1.29 is 14.7 Å². The molecule has 0 aliphatic carbocycles. The van der Waals surface area contributed by atoms with Gasteiger partial charge in [0, 0.05) is 5.69 Å². The topological polar surface area (TPSA) is 70.5 Å². The molecule has 0 bridgehead atoms. The van der Waals surface area contributed by atoms with Crippen LogP contribution in [0.25, 0.3) is 0 Å². The molecule has 4 rings (SSSR count). The molecule has 1 aliphatic rings. The number of benzene rings is 2. The zero-order valence-electron chi connectivity index (χ0n) is 16.3. The summed E-state index contributed by atoms with van der Waals surface area (Å²) in [6.07, 6.45) is 0. The normalized spacial score (nSPS) is 16.6. The Kier molecular flexibility index (Phi) is 4.80. The van der Waals surface area contributed by atoms with E-state index in [9.17, 15) is 14.7 Å². The van der Waals surface area contributed by atoms with Crippen LogP contribution >= 0.6 is 11.3 Å². The van der Waals surface area contributed by atoms with Crippen LogP contribution in [0.5, 0.6) is 0 Å². The van der Waals surface area contributed by atoms with Gasteiger partial charge in [-0.3, -0.25) is 14.5 Å². The SMILES string of the molecule is Cc1nc(C)c(C(=O)C2=C(O)C(=O)N(c3ccccc3)C2c2ccccc2C)s1. The van der Waals surface area contributed by atoms with Gasteiger partial charge in [0.1, 0.15) is 0 Å². The maximum Gasteiger partial charge on any atom is 0.294 e. The standard InChI is InChI=1S/C23H20N2O3S/c1-13-9-7-8-12-17(13)19-18(20(26)22-14(2)24-15(3)29-22)21(27)23(28)25(19)16-10-5-4-6-11-16/h4-12,19,27H,1-3H3. The smallest absolute Gasteiger partial charge is 0.294 e. The Morgan fingerprint density at radius 1 is 1.03 bits per heavy atom. The van der Waals surface area contributed by atoms with E-state index in [0.717, 1.165) is 16.1 Å². The molecule has 0 saturated heterocycles. The number of nitrogens with zero attached hydrogens (tertiary/aromatic N) is 2. The van der Waals surface area contributed by atoms with Crippen molar-refractivity contribution in [1.29, 1.82) is 0 Å². The average molecular weight is 404 g/mol. The highest BCUT2D eigenvalue weighted by molar-refractivity contribution is 7.14. The molecule has 2 heterocycles. The van der Waals surface area contributed by atoms with Crippen molar-refractivity contribution in [2.45, 2.75) is 26.8 Å². The summed E-state index contributed by atoms with van der Waals surface area (Å²) in [5.74, 6) is -1.44. The fourth-order valence-corrected chi connectivity index (χ4v) is 4.62. The summed E-state index contributed by atoms with van der Waals surface area (Å²) in [7, 11) is 0. The highest BCUT2D eigenvalue weighted by Crippen LogP contribution is 2.43. The summed E-state index contributed by atoms with van der Waals surface area (Å²) in [4.78, 5) is 32.9. The highest BCUT2D eigenvalue weighted by atomic mass is 32.1. The van der Waals surface area contributed by atoms with Gasteiger partial charge in [-0.1, -0.05) is 42.5 Å². The molecule has 1 aliphatic heterocycles. The van der Waals surface area contributed by atoms with Gasteiger partial charge in [-0.15, -0.1) is 11.3 Å². The van der Waals surface area contributed by atoms with Crippen LogP contribution in [0.1, 0.15) is 37.5 Å². The summed E-state index contributed by atoms with van der Waals surface area (Å²) >= 11 is 1.28. The molecular weight excluding hydrogens is 384 g/mol. The van der Waals surface area contributed by atoms with Crippen molar-refractivity contribution in [2.24, 2.45) is 0 Å². The number of anilines is 1. The minimum atomic E-state index is -0.708. The minimum absolute atomic E-state index is 0.0971. The van der Waals surface area contributed by atoms with Gasteiger partial charge >= 0.3 is 0 Å². The molecule has 1 atom stereocenters. The van der Waals surface area contributed by atoms with E-state index < -0.39 is 17.7 Å². The third-order valence-corrected chi connectivity index (χ3v) is 6.15. The number of thiazole rings is 1. The first kappa shape index (κ1) is 19.1. The number of ketones is 1. The number of hydrogen-bond acceptors (Lipinski definition) is 5. The fourth-order valence-electron chi connectivity index (χ4n) is 3.74. The van der Waals surface area contributed by atoms with E-state index in [1.165, 1.54) is 16.2 Å². The van der Waals surface area contributed by atoms with Crippen molar-refractivity contribution in [1.82, 2.24) is 4.98 Å². The minimum Gasteiger partial charge on any atom is -0.503 e. The molecule has 1 N–H and O–H groups in total. The van der Waals surface area contributed by atoms with Crippen LogP contribution in [-0.4, -0.2) is 21.8 Å². The zero-order valence-corrected chi connectivity index (χ0v) is 17.2. The van der Waals surface area contributed by atoms with Crippen LogP contribution in [0.15, 0.2) is 65.9 Å². The third kappa shape index (κ3) is 3.15. The molecule has 1 unspecified atom stereocenters. The molecule has 29 heavy (non-hydrogen) atoms. The lowest BCUT2D eigenvalue weighted by Gasteiger charge is -2.28. The van der Waals surface area contributed by atoms with Crippen molar-refractivity contribution >= 4 is 28.7 Å². The van der Waals surface area contributed by atoms with Gasteiger partial charge in [-0.2, -0.15) is 0 Å². The van der Waals surface area contributed by atoms with Crippen molar-refractivity contribution in [3.63, 3.8) is 0 Å². The van der Waals surface area contributed by atoms with Crippen molar-refractivity contribution in [2.75, 3.05) is 4.90 Å². The Bertz CT molecular complexity index is 1150. The molecule has 0 fully saturated rings. The van der Waals surface area contributed by atoms with Crippen LogP contribution < -0.4 is 4.90 Å².